The van der Waals surface area contributed by atoms with Gasteiger partial charge in [0.2, 0.25) is 0 Å². The molecule has 1 N–H and O–H groups in total. The average Bonchev–Trinajstić information content (AvgIpc) is 2.79. The number of alkyl halides is 3. The van der Waals surface area contributed by atoms with E-state index in [4.69, 9.17) is 0 Å². The first kappa shape index (κ1) is 13.5. The maximum Gasteiger partial charge on any atom is 0.389 e. The lowest BCUT2D eigenvalue weighted by molar-refractivity contribution is -0.134. The molecule has 102 valence electrons. The Labute approximate surface area is 107 Å². The van der Waals surface area contributed by atoms with Crippen LogP contribution in [0.4, 0.5) is 13.2 Å². The zero-order valence-corrected chi connectivity index (χ0v) is 9.93. The van der Waals surface area contributed by atoms with E-state index in [0.29, 0.717) is 5.69 Å². The molecule has 0 aliphatic carbocycles. The summed E-state index contributed by atoms with van der Waals surface area (Å²) in [6.45, 7) is -0.381. The van der Waals surface area contributed by atoms with E-state index in [1.54, 1.807) is 30.3 Å². The summed E-state index contributed by atoms with van der Waals surface area (Å²) in [6.07, 6.45) is -5.48. The number of aliphatic hydroxyl groups excluding tert-OH is 1. The number of aliphatic hydroxyl groups is 1. The molecule has 2 aromatic rings. The van der Waals surface area contributed by atoms with Gasteiger partial charge in [-0.05, 0) is 12.1 Å². The Hall–Kier alpha value is -1.89. The van der Waals surface area contributed by atoms with Gasteiger partial charge in [-0.1, -0.05) is 18.2 Å². The van der Waals surface area contributed by atoms with Crippen LogP contribution in [0, 0.1) is 0 Å². The fourth-order valence-corrected chi connectivity index (χ4v) is 1.75. The van der Waals surface area contributed by atoms with Crippen LogP contribution in [0.25, 0.3) is 5.69 Å². The van der Waals surface area contributed by atoms with Crippen LogP contribution >= 0.6 is 0 Å². The Morgan fingerprint density at radius 2 is 1.68 bits per heavy atom. The van der Waals surface area contributed by atoms with Crippen LogP contribution in [0.2, 0.25) is 0 Å². The van der Waals surface area contributed by atoms with Crippen molar-refractivity contribution in [3.05, 3.63) is 42.0 Å². The minimum Gasteiger partial charge on any atom is -0.388 e. The lowest BCUT2D eigenvalue weighted by Crippen LogP contribution is -2.12. The van der Waals surface area contributed by atoms with Gasteiger partial charge in [0.05, 0.1) is 6.42 Å². The first-order valence-corrected chi connectivity index (χ1v) is 5.67. The number of aromatic nitrogens is 3. The molecule has 7 heteroatoms. The zero-order valence-electron chi connectivity index (χ0n) is 9.93. The van der Waals surface area contributed by atoms with Crippen molar-refractivity contribution in [2.45, 2.75) is 25.6 Å². The standard InChI is InChI=1S/C12H12F3N3O/c13-12(14,15)7-6-10-16-17-11(8-19)18(10)9-4-2-1-3-5-9/h1-5,19H,6-8H2. The van der Waals surface area contributed by atoms with E-state index in [9.17, 15) is 18.3 Å². The Morgan fingerprint density at radius 1 is 1.05 bits per heavy atom. The van der Waals surface area contributed by atoms with Gasteiger partial charge in [-0.15, -0.1) is 10.2 Å². The number of hydrogen-bond donors (Lipinski definition) is 1. The molecular weight excluding hydrogens is 259 g/mol. The summed E-state index contributed by atoms with van der Waals surface area (Å²) in [5, 5.41) is 16.6. The third-order valence-electron chi connectivity index (χ3n) is 2.58. The molecule has 2 rings (SSSR count). The molecule has 0 saturated carbocycles. The zero-order chi connectivity index (χ0) is 13.9. The highest BCUT2D eigenvalue weighted by Gasteiger charge is 2.28. The molecule has 0 aliphatic rings. The van der Waals surface area contributed by atoms with Gasteiger partial charge in [0.1, 0.15) is 12.4 Å². The van der Waals surface area contributed by atoms with Crippen LogP contribution in [0.1, 0.15) is 18.1 Å². The van der Waals surface area contributed by atoms with Gasteiger partial charge in [0.25, 0.3) is 0 Å². The van der Waals surface area contributed by atoms with Crippen LogP contribution < -0.4 is 0 Å². The van der Waals surface area contributed by atoms with Gasteiger partial charge in [0.15, 0.2) is 5.82 Å². The second kappa shape index (κ2) is 5.40. The van der Waals surface area contributed by atoms with Gasteiger partial charge >= 0.3 is 6.18 Å². The normalized spacial score (nSPS) is 11.8. The monoisotopic (exact) mass is 271 g/mol. The number of halogens is 3. The second-order valence-electron chi connectivity index (χ2n) is 3.98. The Balaban J connectivity index is 2.33. The summed E-state index contributed by atoms with van der Waals surface area (Å²) >= 11 is 0. The third-order valence-corrected chi connectivity index (χ3v) is 2.58. The predicted molar refractivity (Wildman–Crippen MR) is 61.7 cm³/mol. The fraction of sp³-hybridized carbons (Fsp3) is 0.333. The highest BCUT2D eigenvalue weighted by atomic mass is 19.4. The summed E-state index contributed by atoms with van der Waals surface area (Å²) in [4.78, 5) is 0. The van der Waals surface area contributed by atoms with Crippen molar-refractivity contribution in [1.82, 2.24) is 14.8 Å². The topological polar surface area (TPSA) is 50.9 Å². The van der Waals surface area contributed by atoms with E-state index >= 15 is 0 Å². The lowest BCUT2D eigenvalue weighted by atomic mass is 10.2. The van der Waals surface area contributed by atoms with Gasteiger partial charge in [-0.2, -0.15) is 13.2 Å². The van der Waals surface area contributed by atoms with E-state index in [-0.39, 0.29) is 24.7 Å². The van der Waals surface area contributed by atoms with Crippen LogP contribution in [0.5, 0.6) is 0 Å². The maximum absolute atomic E-state index is 12.3. The molecule has 0 saturated heterocycles. The van der Waals surface area contributed by atoms with E-state index in [2.05, 4.69) is 10.2 Å². The molecule has 4 nitrogen and oxygen atoms in total. The van der Waals surface area contributed by atoms with Crippen molar-refractivity contribution in [1.29, 1.82) is 0 Å². The molecule has 0 unspecified atom stereocenters. The molecule has 19 heavy (non-hydrogen) atoms. The van der Waals surface area contributed by atoms with Gasteiger partial charge < -0.3 is 5.11 Å². The van der Waals surface area contributed by atoms with Crippen molar-refractivity contribution >= 4 is 0 Å². The number of hydrogen-bond acceptors (Lipinski definition) is 3. The van der Waals surface area contributed by atoms with Crippen molar-refractivity contribution < 1.29 is 18.3 Å². The summed E-state index contributed by atoms with van der Waals surface area (Å²) in [5.74, 6) is 0.413. The quantitative estimate of drug-likeness (QED) is 0.928. The van der Waals surface area contributed by atoms with E-state index < -0.39 is 12.6 Å². The molecule has 0 radical (unpaired) electrons. The molecule has 0 atom stereocenters. The first-order valence-electron chi connectivity index (χ1n) is 5.67. The minimum absolute atomic E-state index is 0.188. The molecule has 0 bridgehead atoms. The number of aryl methyl sites for hydroxylation is 1. The smallest absolute Gasteiger partial charge is 0.388 e. The highest BCUT2D eigenvalue weighted by Crippen LogP contribution is 2.23. The van der Waals surface area contributed by atoms with E-state index in [1.807, 2.05) is 0 Å². The lowest BCUT2D eigenvalue weighted by Gasteiger charge is -2.10. The number of nitrogens with zero attached hydrogens (tertiary/aromatic N) is 3. The van der Waals surface area contributed by atoms with Crippen molar-refractivity contribution in [3.8, 4) is 5.69 Å². The molecule has 1 aromatic carbocycles. The van der Waals surface area contributed by atoms with Gasteiger partial charge in [-0.3, -0.25) is 4.57 Å². The number of para-hydroxylation sites is 1. The van der Waals surface area contributed by atoms with Gasteiger partial charge in [0, 0.05) is 12.1 Å². The van der Waals surface area contributed by atoms with Crippen LogP contribution in [0.3, 0.4) is 0 Å². The van der Waals surface area contributed by atoms with E-state index in [0.717, 1.165) is 0 Å². The van der Waals surface area contributed by atoms with Crippen LogP contribution in [-0.2, 0) is 13.0 Å². The molecule has 0 spiro atoms. The largest absolute Gasteiger partial charge is 0.389 e. The minimum atomic E-state index is -4.24. The number of benzene rings is 1. The predicted octanol–water partition coefficient (Wildman–Crippen LogP) is 2.25. The summed E-state index contributed by atoms with van der Waals surface area (Å²) in [7, 11) is 0. The Morgan fingerprint density at radius 3 is 2.26 bits per heavy atom. The van der Waals surface area contributed by atoms with Crippen molar-refractivity contribution in [3.63, 3.8) is 0 Å². The fourth-order valence-electron chi connectivity index (χ4n) is 1.75. The SMILES string of the molecule is OCc1nnc(CCC(F)(F)F)n1-c1ccccc1. The van der Waals surface area contributed by atoms with Crippen LogP contribution in [-0.4, -0.2) is 26.0 Å². The molecule has 1 heterocycles. The molecule has 0 amide bonds. The van der Waals surface area contributed by atoms with Gasteiger partial charge in [-0.25, -0.2) is 0 Å². The number of rotatable bonds is 4. The highest BCUT2D eigenvalue weighted by molar-refractivity contribution is 5.33. The second-order valence-corrected chi connectivity index (χ2v) is 3.98. The van der Waals surface area contributed by atoms with E-state index in [1.165, 1.54) is 4.57 Å². The maximum atomic E-state index is 12.3. The third kappa shape index (κ3) is 3.31. The Kier molecular flexibility index (Phi) is 3.84. The summed E-state index contributed by atoms with van der Waals surface area (Å²) < 4.78 is 38.2. The van der Waals surface area contributed by atoms with Crippen molar-refractivity contribution in [2.24, 2.45) is 0 Å². The summed E-state index contributed by atoms with van der Waals surface area (Å²) in [6, 6.07) is 8.75. The first-order chi connectivity index (χ1) is 9.01. The van der Waals surface area contributed by atoms with Crippen LogP contribution in [0.15, 0.2) is 30.3 Å². The molecule has 0 fully saturated rings. The average molecular weight is 271 g/mol. The van der Waals surface area contributed by atoms with Crippen molar-refractivity contribution in [2.75, 3.05) is 0 Å². The molecular formula is C12H12F3N3O. The molecule has 0 aliphatic heterocycles. The Bertz CT molecular complexity index is 537. The molecule has 1 aromatic heterocycles. The summed E-state index contributed by atoms with van der Waals surface area (Å²) in [5.41, 5.74) is 0.633.